The lowest BCUT2D eigenvalue weighted by Crippen LogP contribution is -2.15. The van der Waals surface area contributed by atoms with Crippen molar-refractivity contribution in [2.24, 2.45) is 5.92 Å². The van der Waals surface area contributed by atoms with Crippen LogP contribution >= 0.6 is 0 Å². The molecular weight excluding hydrogens is 138 g/mol. The fourth-order valence-corrected chi connectivity index (χ4v) is 2.12. The smallest absolute Gasteiger partial charge is 0.0579 e. The lowest BCUT2D eigenvalue weighted by atomic mass is 9.99. The summed E-state index contributed by atoms with van der Waals surface area (Å²) in [5.41, 5.74) is 0. The molecule has 0 saturated carbocycles. The van der Waals surface area contributed by atoms with E-state index in [0.29, 0.717) is 6.10 Å². The fourth-order valence-electron chi connectivity index (χ4n) is 2.12. The molecule has 2 atom stereocenters. The Morgan fingerprint density at radius 3 is 3.00 bits per heavy atom. The van der Waals surface area contributed by atoms with Crippen LogP contribution in [0, 0.1) is 5.92 Å². The average molecular weight is 155 g/mol. The van der Waals surface area contributed by atoms with E-state index in [1.54, 1.807) is 0 Å². The van der Waals surface area contributed by atoms with E-state index in [1.807, 2.05) is 0 Å². The van der Waals surface area contributed by atoms with Gasteiger partial charge in [0.1, 0.15) is 0 Å². The molecule has 0 aliphatic carbocycles. The summed E-state index contributed by atoms with van der Waals surface area (Å²) in [6, 6.07) is 0. The quantitative estimate of drug-likeness (QED) is 0.646. The summed E-state index contributed by atoms with van der Waals surface area (Å²) in [4.78, 5) is 0. The second kappa shape index (κ2) is 3.55. The van der Waals surface area contributed by atoms with Crippen LogP contribution in [0.25, 0.3) is 0 Å². The maximum atomic E-state index is 5.59. The van der Waals surface area contributed by atoms with Gasteiger partial charge in [0.25, 0.3) is 0 Å². The highest BCUT2D eigenvalue weighted by molar-refractivity contribution is 4.76. The molecule has 0 bridgehead atoms. The van der Waals surface area contributed by atoms with Crippen LogP contribution in [0.2, 0.25) is 0 Å². The van der Waals surface area contributed by atoms with Gasteiger partial charge in [0.15, 0.2) is 0 Å². The minimum atomic E-state index is 0.597. The zero-order valence-electron chi connectivity index (χ0n) is 7.01. The molecule has 2 heteroatoms. The van der Waals surface area contributed by atoms with Crippen LogP contribution < -0.4 is 5.32 Å². The van der Waals surface area contributed by atoms with Gasteiger partial charge in [-0.2, -0.15) is 0 Å². The summed E-state index contributed by atoms with van der Waals surface area (Å²) in [6.07, 6.45) is 5.84. The molecule has 2 saturated heterocycles. The summed E-state index contributed by atoms with van der Waals surface area (Å²) in [5.74, 6) is 0.901. The molecule has 64 valence electrons. The van der Waals surface area contributed by atoms with Gasteiger partial charge in [0, 0.05) is 6.61 Å². The molecule has 2 heterocycles. The summed E-state index contributed by atoms with van der Waals surface area (Å²) in [5, 5.41) is 3.39. The van der Waals surface area contributed by atoms with Crippen molar-refractivity contribution in [3.05, 3.63) is 0 Å². The molecule has 2 unspecified atom stereocenters. The Morgan fingerprint density at radius 1 is 1.36 bits per heavy atom. The minimum Gasteiger partial charge on any atom is -0.378 e. The third kappa shape index (κ3) is 1.94. The molecule has 0 aromatic rings. The first-order chi connectivity index (χ1) is 5.45. The van der Waals surface area contributed by atoms with Crippen molar-refractivity contribution in [3.63, 3.8) is 0 Å². The zero-order chi connectivity index (χ0) is 7.52. The Morgan fingerprint density at radius 2 is 2.36 bits per heavy atom. The van der Waals surface area contributed by atoms with Gasteiger partial charge in [-0.25, -0.2) is 0 Å². The normalized spacial score (nSPS) is 38.2. The van der Waals surface area contributed by atoms with E-state index in [1.165, 1.54) is 38.8 Å². The third-order valence-corrected chi connectivity index (χ3v) is 2.78. The lowest BCUT2D eigenvalue weighted by Gasteiger charge is -2.13. The molecule has 0 aromatic carbocycles. The first-order valence-corrected chi connectivity index (χ1v) is 4.77. The van der Waals surface area contributed by atoms with Crippen molar-refractivity contribution in [3.8, 4) is 0 Å². The Labute approximate surface area is 68.3 Å². The summed E-state index contributed by atoms with van der Waals surface area (Å²) >= 11 is 0. The maximum absolute atomic E-state index is 5.59. The molecule has 11 heavy (non-hydrogen) atoms. The molecule has 2 aliphatic rings. The van der Waals surface area contributed by atoms with Crippen molar-refractivity contribution < 1.29 is 4.74 Å². The topological polar surface area (TPSA) is 21.3 Å². The molecule has 2 fully saturated rings. The molecular formula is C9H17NO. The Kier molecular flexibility index (Phi) is 2.44. The number of hydrogen-bond acceptors (Lipinski definition) is 2. The van der Waals surface area contributed by atoms with E-state index in [-0.39, 0.29) is 0 Å². The van der Waals surface area contributed by atoms with Crippen molar-refractivity contribution in [1.82, 2.24) is 5.32 Å². The van der Waals surface area contributed by atoms with Gasteiger partial charge in [0.05, 0.1) is 6.10 Å². The standard InChI is InChI=1S/C9H17NO/c1-2-9(11-5-1)6-8-3-4-10-7-8/h8-10H,1-7H2. The molecule has 0 radical (unpaired) electrons. The Balaban J connectivity index is 1.71. The summed E-state index contributed by atoms with van der Waals surface area (Å²) in [6.45, 7) is 3.45. The van der Waals surface area contributed by atoms with Crippen molar-refractivity contribution in [2.45, 2.75) is 31.8 Å². The molecule has 0 aromatic heterocycles. The van der Waals surface area contributed by atoms with Crippen LogP contribution in [0.3, 0.4) is 0 Å². The van der Waals surface area contributed by atoms with E-state index >= 15 is 0 Å². The first-order valence-electron chi connectivity index (χ1n) is 4.77. The van der Waals surface area contributed by atoms with E-state index in [4.69, 9.17) is 4.74 Å². The number of rotatable bonds is 2. The number of nitrogens with one attached hydrogen (secondary N) is 1. The first kappa shape index (κ1) is 7.56. The van der Waals surface area contributed by atoms with Gasteiger partial charge in [-0.1, -0.05) is 0 Å². The van der Waals surface area contributed by atoms with Crippen molar-refractivity contribution in [1.29, 1.82) is 0 Å². The Hall–Kier alpha value is -0.0800. The second-order valence-electron chi connectivity index (χ2n) is 3.73. The molecule has 2 nitrogen and oxygen atoms in total. The highest BCUT2D eigenvalue weighted by Gasteiger charge is 2.22. The molecule has 2 rings (SSSR count). The predicted octanol–water partition coefficient (Wildman–Crippen LogP) is 1.17. The monoisotopic (exact) mass is 155 g/mol. The van der Waals surface area contributed by atoms with Crippen LogP contribution in [0.5, 0.6) is 0 Å². The van der Waals surface area contributed by atoms with Gasteiger partial charge in [-0.15, -0.1) is 0 Å². The largest absolute Gasteiger partial charge is 0.378 e. The van der Waals surface area contributed by atoms with Gasteiger partial charge in [0.2, 0.25) is 0 Å². The van der Waals surface area contributed by atoms with Gasteiger partial charge >= 0.3 is 0 Å². The highest BCUT2D eigenvalue weighted by Crippen LogP contribution is 2.22. The SMILES string of the molecule is C1COC(CC2CCNC2)C1. The van der Waals surface area contributed by atoms with Crippen molar-refractivity contribution >= 4 is 0 Å². The zero-order valence-corrected chi connectivity index (χ0v) is 7.01. The van der Waals surface area contributed by atoms with Gasteiger partial charge in [-0.05, 0) is 44.7 Å². The second-order valence-corrected chi connectivity index (χ2v) is 3.73. The van der Waals surface area contributed by atoms with Crippen molar-refractivity contribution in [2.75, 3.05) is 19.7 Å². The van der Waals surface area contributed by atoms with E-state index in [9.17, 15) is 0 Å². The van der Waals surface area contributed by atoms with Gasteiger partial charge in [-0.3, -0.25) is 0 Å². The summed E-state index contributed by atoms with van der Waals surface area (Å²) in [7, 11) is 0. The predicted molar refractivity (Wildman–Crippen MR) is 44.6 cm³/mol. The highest BCUT2D eigenvalue weighted by atomic mass is 16.5. The van der Waals surface area contributed by atoms with Crippen LogP contribution in [0.1, 0.15) is 25.7 Å². The lowest BCUT2D eigenvalue weighted by molar-refractivity contribution is 0.0919. The van der Waals surface area contributed by atoms with Crippen LogP contribution in [0.4, 0.5) is 0 Å². The van der Waals surface area contributed by atoms with Gasteiger partial charge < -0.3 is 10.1 Å². The minimum absolute atomic E-state index is 0.597. The average Bonchev–Trinajstić information content (AvgIpc) is 2.60. The fraction of sp³-hybridized carbons (Fsp3) is 1.00. The van der Waals surface area contributed by atoms with E-state index < -0.39 is 0 Å². The van der Waals surface area contributed by atoms with E-state index in [2.05, 4.69) is 5.32 Å². The summed E-state index contributed by atoms with van der Waals surface area (Å²) < 4.78 is 5.59. The Bertz CT molecular complexity index is 101. The van der Waals surface area contributed by atoms with Crippen LogP contribution in [-0.4, -0.2) is 25.8 Å². The van der Waals surface area contributed by atoms with Crippen LogP contribution in [0.15, 0.2) is 0 Å². The molecule has 1 N–H and O–H groups in total. The molecule has 0 amide bonds. The number of ether oxygens (including phenoxy) is 1. The third-order valence-electron chi connectivity index (χ3n) is 2.78. The van der Waals surface area contributed by atoms with E-state index in [0.717, 1.165) is 12.5 Å². The van der Waals surface area contributed by atoms with Crippen LogP contribution in [-0.2, 0) is 4.74 Å². The number of hydrogen-bond donors (Lipinski definition) is 1. The molecule has 0 spiro atoms. The molecule has 2 aliphatic heterocycles. The maximum Gasteiger partial charge on any atom is 0.0579 e.